The van der Waals surface area contributed by atoms with Gasteiger partial charge in [-0.1, -0.05) is 17.7 Å². The number of halogens is 5. The lowest BCUT2D eigenvalue weighted by Gasteiger charge is -2.22. The second-order valence-electron chi connectivity index (χ2n) is 3.77. The summed E-state index contributed by atoms with van der Waals surface area (Å²) in [5.41, 5.74) is -0.530. The molecule has 0 aliphatic heterocycles. The minimum Gasteiger partial charge on any atom is -0.480 e. The van der Waals surface area contributed by atoms with E-state index >= 15 is 0 Å². The molecule has 0 radical (unpaired) electrons. The van der Waals surface area contributed by atoms with E-state index in [4.69, 9.17) is 16.7 Å². The van der Waals surface area contributed by atoms with Gasteiger partial charge in [-0.05, 0) is 12.1 Å². The third-order valence-electron chi connectivity index (χ3n) is 2.17. The van der Waals surface area contributed by atoms with Gasteiger partial charge in [0.25, 0.3) is 5.91 Å². The van der Waals surface area contributed by atoms with Crippen LogP contribution < -0.4 is 0 Å². The van der Waals surface area contributed by atoms with Crippen LogP contribution in [0.3, 0.4) is 0 Å². The number of hydrogen-bond donors (Lipinski definition) is 1. The largest absolute Gasteiger partial charge is 0.480 e. The Morgan fingerprint density at radius 3 is 2.40 bits per heavy atom. The average Bonchev–Trinajstić information content (AvgIpc) is 2.28. The summed E-state index contributed by atoms with van der Waals surface area (Å²) in [5.74, 6) is -3.93. The first-order valence-electron chi connectivity index (χ1n) is 5.13. The molecule has 4 nitrogen and oxygen atoms in total. The highest BCUT2D eigenvalue weighted by molar-refractivity contribution is 6.34. The first-order chi connectivity index (χ1) is 9.11. The summed E-state index contributed by atoms with van der Waals surface area (Å²) in [6, 6.07) is 3.02. The highest BCUT2D eigenvalue weighted by Gasteiger charge is 2.35. The van der Waals surface area contributed by atoms with Crippen molar-refractivity contribution in [2.45, 2.75) is 6.18 Å². The molecule has 0 heterocycles. The van der Waals surface area contributed by atoms with Gasteiger partial charge in [0.15, 0.2) is 0 Å². The smallest absolute Gasteiger partial charge is 0.406 e. The number of aliphatic carboxylic acids is 1. The van der Waals surface area contributed by atoms with E-state index in [9.17, 15) is 27.2 Å². The number of amides is 1. The van der Waals surface area contributed by atoms with E-state index in [0.29, 0.717) is 0 Å². The third kappa shape index (κ3) is 4.37. The average molecular weight is 314 g/mol. The fourth-order valence-corrected chi connectivity index (χ4v) is 1.63. The number of hydrogen-bond acceptors (Lipinski definition) is 2. The van der Waals surface area contributed by atoms with Crippen molar-refractivity contribution in [2.75, 3.05) is 13.1 Å². The van der Waals surface area contributed by atoms with Gasteiger partial charge in [0.1, 0.15) is 18.9 Å². The van der Waals surface area contributed by atoms with Crippen LogP contribution in [-0.2, 0) is 4.79 Å². The lowest BCUT2D eigenvalue weighted by atomic mass is 10.2. The Labute approximate surface area is 115 Å². The molecule has 1 amide bonds. The molecular formula is C11H8ClF4NO3. The first kappa shape index (κ1) is 16.2. The molecule has 0 saturated carbocycles. The molecule has 0 aromatic heterocycles. The molecule has 20 heavy (non-hydrogen) atoms. The first-order valence-corrected chi connectivity index (χ1v) is 5.51. The quantitative estimate of drug-likeness (QED) is 0.869. The van der Waals surface area contributed by atoms with Gasteiger partial charge in [-0.15, -0.1) is 0 Å². The van der Waals surface area contributed by atoms with E-state index in [-0.39, 0.29) is 4.90 Å². The Morgan fingerprint density at radius 2 is 1.90 bits per heavy atom. The minimum atomic E-state index is -4.79. The van der Waals surface area contributed by atoms with E-state index in [1.165, 1.54) is 0 Å². The van der Waals surface area contributed by atoms with E-state index < -0.39 is 47.5 Å². The molecule has 9 heteroatoms. The Bertz CT molecular complexity index is 533. The van der Waals surface area contributed by atoms with Crippen molar-refractivity contribution in [1.82, 2.24) is 4.90 Å². The molecular weight excluding hydrogens is 306 g/mol. The highest BCUT2D eigenvalue weighted by Crippen LogP contribution is 2.23. The maximum atomic E-state index is 13.2. The fourth-order valence-electron chi connectivity index (χ4n) is 1.42. The zero-order chi connectivity index (χ0) is 15.5. The van der Waals surface area contributed by atoms with Gasteiger partial charge < -0.3 is 10.0 Å². The van der Waals surface area contributed by atoms with Gasteiger partial charge in [0, 0.05) is 0 Å². The summed E-state index contributed by atoms with van der Waals surface area (Å²) in [7, 11) is 0. The van der Waals surface area contributed by atoms with Gasteiger partial charge in [-0.25, -0.2) is 4.39 Å². The number of carboxylic acid groups (broad SMARTS) is 1. The normalized spacial score (nSPS) is 11.2. The van der Waals surface area contributed by atoms with Crippen molar-refractivity contribution in [2.24, 2.45) is 0 Å². The van der Waals surface area contributed by atoms with Gasteiger partial charge >= 0.3 is 12.1 Å². The summed E-state index contributed by atoms with van der Waals surface area (Å²) < 4.78 is 50.1. The van der Waals surface area contributed by atoms with Crippen LogP contribution in [0.15, 0.2) is 18.2 Å². The van der Waals surface area contributed by atoms with Gasteiger partial charge in [0.2, 0.25) is 0 Å². The van der Waals surface area contributed by atoms with Crippen molar-refractivity contribution in [3.05, 3.63) is 34.6 Å². The molecule has 0 fully saturated rings. The van der Waals surface area contributed by atoms with E-state index in [0.717, 1.165) is 18.2 Å². The highest BCUT2D eigenvalue weighted by atomic mass is 35.5. The van der Waals surface area contributed by atoms with Crippen LogP contribution in [0.2, 0.25) is 5.02 Å². The number of benzene rings is 1. The summed E-state index contributed by atoms with van der Waals surface area (Å²) in [5, 5.41) is 7.87. The molecule has 1 aromatic rings. The number of carboxylic acids is 1. The standard InChI is InChI=1S/C11H8ClF4NO3/c12-9-6(2-1-3-7(9)13)10(20)17(4-8(18)19)5-11(14,15)16/h1-3H,4-5H2,(H,18,19). The molecule has 1 N–H and O–H groups in total. The second-order valence-corrected chi connectivity index (χ2v) is 4.15. The van der Waals surface area contributed by atoms with Crippen molar-refractivity contribution < 1.29 is 32.3 Å². The monoisotopic (exact) mass is 313 g/mol. The van der Waals surface area contributed by atoms with Crippen LogP contribution in [0.25, 0.3) is 0 Å². The number of carbonyl (C=O) groups excluding carboxylic acids is 1. The lowest BCUT2D eigenvalue weighted by Crippen LogP contribution is -2.42. The molecule has 110 valence electrons. The van der Waals surface area contributed by atoms with Crippen molar-refractivity contribution >= 4 is 23.5 Å². The van der Waals surface area contributed by atoms with Crippen LogP contribution in [0.1, 0.15) is 10.4 Å². The summed E-state index contributed by atoms with van der Waals surface area (Å²) >= 11 is 5.49. The van der Waals surface area contributed by atoms with Gasteiger partial charge in [0.05, 0.1) is 10.6 Å². The number of rotatable bonds is 4. The minimum absolute atomic E-state index is 0.0307. The maximum absolute atomic E-state index is 13.2. The topological polar surface area (TPSA) is 57.6 Å². The SMILES string of the molecule is O=C(O)CN(CC(F)(F)F)C(=O)c1cccc(F)c1Cl. The van der Waals surface area contributed by atoms with E-state index in [1.807, 2.05) is 0 Å². The molecule has 0 unspecified atom stereocenters. The van der Waals surface area contributed by atoms with Crippen molar-refractivity contribution in [1.29, 1.82) is 0 Å². The Morgan fingerprint density at radius 1 is 1.30 bits per heavy atom. The summed E-state index contributed by atoms with van der Waals surface area (Å²) in [6.07, 6.45) is -4.79. The lowest BCUT2D eigenvalue weighted by molar-refractivity contribution is -0.149. The molecule has 0 bridgehead atoms. The van der Waals surface area contributed by atoms with E-state index in [1.54, 1.807) is 0 Å². The van der Waals surface area contributed by atoms with Crippen LogP contribution in [0.5, 0.6) is 0 Å². The number of carbonyl (C=O) groups is 2. The summed E-state index contributed by atoms with van der Waals surface area (Å²) in [6.45, 7) is -2.95. The number of alkyl halides is 3. The van der Waals surface area contributed by atoms with Gasteiger partial charge in [-0.2, -0.15) is 13.2 Å². The van der Waals surface area contributed by atoms with Crippen molar-refractivity contribution in [3.63, 3.8) is 0 Å². The van der Waals surface area contributed by atoms with Crippen LogP contribution >= 0.6 is 11.6 Å². The molecule has 1 rings (SSSR count). The molecule has 0 atom stereocenters. The number of nitrogens with zero attached hydrogens (tertiary/aromatic N) is 1. The molecule has 0 saturated heterocycles. The predicted octanol–water partition coefficient (Wildman–Crippen LogP) is 2.57. The molecule has 0 aliphatic carbocycles. The van der Waals surface area contributed by atoms with Gasteiger partial charge in [-0.3, -0.25) is 9.59 Å². The van der Waals surface area contributed by atoms with Crippen LogP contribution in [0.4, 0.5) is 17.6 Å². The summed E-state index contributed by atoms with van der Waals surface area (Å²) in [4.78, 5) is 22.4. The second kappa shape index (κ2) is 6.08. The Balaban J connectivity index is 3.10. The van der Waals surface area contributed by atoms with Crippen LogP contribution in [-0.4, -0.2) is 41.1 Å². The van der Waals surface area contributed by atoms with Crippen molar-refractivity contribution in [3.8, 4) is 0 Å². The Kier molecular flexibility index (Phi) is 4.93. The molecule has 0 spiro atoms. The molecule has 1 aromatic carbocycles. The predicted molar refractivity (Wildman–Crippen MR) is 61.0 cm³/mol. The maximum Gasteiger partial charge on any atom is 0.406 e. The zero-order valence-electron chi connectivity index (χ0n) is 9.75. The molecule has 0 aliphatic rings. The third-order valence-corrected chi connectivity index (χ3v) is 2.55. The zero-order valence-corrected chi connectivity index (χ0v) is 10.5. The van der Waals surface area contributed by atoms with Crippen LogP contribution in [0, 0.1) is 5.82 Å². The Hall–Kier alpha value is -1.83. The fraction of sp³-hybridized carbons (Fsp3) is 0.273. The van der Waals surface area contributed by atoms with E-state index in [2.05, 4.69) is 0 Å².